The summed E-state index contributed by atoms with van der Waals surface area (Å²) in [6, 6.07) is 6.74. The minimum atomic E-state index is -1.42. The van der Waals surface area contributed by atoms with Gasteiger partial charge in [-0.2, -0.15) is 0 Å². The first-order valence-corrected chi connectivity index (χ1v) is 5.47. The van der Waals surface area contributed by atoms with E-state index in [4.69, 9.17) is 4.74 Å². The van der Waals surface area contributed by atoms with E-state index >= 15 is 0 Å². The molecular formula is C13H15FO2. The van der Waals surface area contributed by atoms with Crippen LogP contribution in [0.3, 0.4) is 0 Å². The van der Waals surface area contributed by atoms with E-state index in [-0.39, 0.29) is 5.92 Å². The molecule has 0 saturated carbocycles. The standard InChI is InChI=1S/C13H15FO2/c1-13(14,12-5-6-16-9-12)11-4-2-3-10(7-11)8-15/h2-4,7-8,12H,5-6,9H2,1H3. The molecule has 2 rings (SSSR count). The van der Waals surface area contributed by atoms with Crippen LogP contribution in [0.2, 0.25) is 0 Å². The highest BCUT2D eigenvalue weighted by atomic mass is 19.1. The van der Waals surface area contributed by atoms with Crippen LogP contribution in [0.25, 0.3) is 0 Å². The molecule has 1 saturated heterocycles. The molecule has 16 heavy (non-hydrogen) atoms. The third kappa shape index (κ3) is 2.00. The van der Waals surface area contributed by atoms with Crippen LogP contribution in [-0.2, 0) is 10.4 Å². The monoisotopic (exact) mass is 222 g/mol. The summed E-state index contributed by atoms with van der Waals surface area (Å²) in [5, 5.41) is 0. The Morgan fingerprint density at radius 1 is 1.56 bits per heavy atom. The Morgan fingerprint density at radius 3 is 3.00 bits per heavy atom. The fourth-order valence-electron chi connectivity index (χ4n) is 2.11. The third-order valence-corrected chi connectivity index (χ3v) is 3.28. The molecular weight excluding hydrogens is 207 g/mol. The summed E-state index contributed by atoms with van der Waals surface area (Å²) >= 11 is 0. The fourth-order valence-corrected chi connectivity index (χ4v) is 2.11. The highest BCUT2D eigenvalue weighted by molar-refractivity contribution is 5.75. The van der Waals surface area contributed by atoms with Crippen LogP contribution in [0.4, 0.5) is 4.39 Å². The van der Waals surface area contributed by atoms with Gasteiger partial charge in [0.15, 0.2) is 0 Å². The van der Waals surface area contributed by atoms with Crippen LogP contribution < -0.4 is 0 Å². The molecule has 0 amide bonds. The minimum absolute atomic E-state index is 0.116. The maximum atomic E-state index is 14.6. The quantitative estimate of drug-likeness (QED) is 0.735. The van der Waals surface area contributed by atoms with E-state index in [2.05, 4.69) is 0 Å². The maximum absolute atomic E-state index is 14.6. The van der Waals surface area contributed by atoms with Gasteiger partial charge in [0.2, 0.25) is 0 Å². The van der Waals surface area contributed by atoms with E-state index in [0.29, 0.717) is 24.3 Å². The molecule has 0 aliphatic carbocycles. The van der Waals surface area contributed by atoms with E-state index in [0.717, 1.165) is 12.7 Å². The van der Waals surface area contributed by atoms with Gasteiger partial charge in [-0.05, 0) is 25.0 Å². The van der Waals surface area contributed by atoms with Gasteiger partial charge < -0.3 is 4.74 Å². The first-order chi connectivity index (χ1) is 7.64. The van der Waals surface area contributed by atoms with Crippen LogP contribution >= 0.6 is 0 Å². The zero-order chi connectivity index (χ0) is 11.6. The molecule has 1 aliphatic heterocycles. The van der Waals surface area contributed by atoms with Crippen molar-refractivity contribution < 1.29 is 13.9 Å². The average Bonchev–Trinajstić information content (AvgIpc) is 2.83. The van der Waals surface area contributed by atoms with Gasteiger partial charge in [-0.15, -0.1) is 0 Å². The van der Waals surface area contributed by atoms with Crippen LogP contribution in [0.15, 0.2) is 24.3 Å². The molecule has 0 aromatic heterocycles. The summed E-state index contributed by atoms with van der Waals surface area (Å²) in [5.74, 6) is -0.116. The second kappa shape index (κ2) is 4.34. The van der Waals surface area contributed by atoms with Crippen molar-refractivity contribution in [1.82, 2.24) is 0 Å². The highest BCUT2D eigenvalue weighted by Crippen LogP contribution is 2.38. The number of aldehydes is 1. The van der Waals surface area contributed by atoms with Gasteiger partial charge in [0.25, 0.3) is 0 Å². The van der Waals surface area contributed by atoms with Crippen molar-refractivity contribution in [2.75, 3.05) is 13.2 Å². The molecule has 1 aromatic carbocycles. The molecule has 1 heterocycles. The van der Waals surface area contributed by atoms with Crippen LogP contribution in [0, 0.1) is 5.92 Å². The van der Waals surface area contributed by atoms with Crippen molar-refractivity contribution in [2.24, 2.45) is 5.92 Å². The predicted octanol–water partition coefficient (Wildman–Crippen LogP) is 2.72. The smallest absolute Gasteiger partial charge is 0.150 e. The lowest BCUT2D eigenvalue weighted by atomic mass is 9.83. The molecule has 2 atom stereocenters. The van der Waals surface area contributed by atoms with Crippen molar-refractivity contribution in [3.05, 3.63) is 35.4 Å². The number of carbonyl (C=O) groups excluding carboxylic acids is 1. The van der Waals surface area contributed by atoms with Crippen molar-refractivity contribution >= 4 is 6.29 Å². The van der Waals surface area contributed by atoms with Gasteiger partial charge >= 0.3 is 0 Å². The Kier molecular flexibility index (Phi) is 3.06. The molecule has 2 nitrogen and oxygen atoms in total. The summed E-state index contributed by atoms with van der Waals surface area (Å²) in [6.45, 7) is 2.64. The van der Waals surface area contributed by atoms with Gasteiger partial charge in [-0.1, -0.05) is 18.2 Å². The lowest BCUT2D eigenvalue weighted by Crippen LogP contribution is -2.27. The normalized spacial score (nSPS) is 24.0. The third-order valence-electron chi connectivity index (χ3n) is 3.28. The highest BCUT2D eigenvalue weighted by Gasteiger charge is 2.38. The minimum Gasteiger partial charge on any atom is -0.381 e. The number of rotatable bonds is 3. The fraction of sp³-hybridized carbons (Fsp3) is 0.462. The maximum Gasteiger partial charge on any atom is 0.150 e. The summed E-state index contributed by atoms with van der Waals surface area (Å²) in [5.41, 5.74) is -0.344. The topological polar surface area (TPSA) is 26.3 Å². The Bertz CT molecular complexity index is 381. The molecule has 1 aromatic rings. The lowest BCUT2D eigenvalue weighted by molar-refractivity contribution is 0.0823. The molecule has 0 radical (unpaired) electrons. The van der Waals surface area contributed by atoms with Gasteiger partial charge in [0.1, 0.15) is 12.0 Å². The van der Waals surface area contributed by atoms with E-state index in [1.165, 1.54) is 0 Å². The molecule has 2 unspecified atom stereocenters. The van der Waals surface area contributed by atoms with E-state index in [1.807, 2.05) is 0 Å². The number of benzene rings is 1. The Hall–Kier alpha value is -1.22. The zero-order valence-corrected chi connectivity index (χ0v) is 9.28. The second-order valence-corrected chi connectivity index (χ2v) is 4.38. The van der Waals surface area contributed by atoms with Gasteiger partial charge in [0, 0.05) is 18.1 Å². The van der Waals surface area contributed by atoms with Crippen LogP contribution in [0.1, 0.15) is 29.3 Å². The molecule has 0 N–H and O–H groups in total. The summed E-state index contributed by atoms with van der Waals surface area (Å²) in [4.78, 5) is 10.7. The Labute approximate surface area is 94.4 Å². The Morgan fingerprint density at radius 2 is 2.38 bits per heavy atom. The average molecular weight is 222 g/mol. The van der Waals surface area contributed by atoms with Crippen molar-refractivity contribution in [1.29, 1.82) is 0 Å². The molecule has 1 aliphatic rings. The number of alkyl halides is 1. The van der Waals surface area contributed by atoms with Gasteiger partial charge in [-0.25, -0.2) is 4.39 Å². The van der Waals surface area contributed by atoms with Gasteiger partial charge in [0.05, 0.1) is 6.61 Å². The van der Waals surface area contributed by atoms with E-state index < -0.39 is 5.67 Å². The molecule has 1 fully saturated rings. The van der Waals surface area contributed by atoms with Crippen LogP contribution in [-0.4, -0.2) is 19.5 Å². The number of carbonyl (C=O) groups is 1. The summed E-state index contributed by atoms with van der Waals surface area (Å²) in [6.07, 6.45) is 1.48. The second-order valence-electron chi connectivity index (χ2n) is 4.38. The Balaban J connectivity index is 2.29. The molecule has 86 valence electrons. The van der Waals surface area contributed by atoms with Crippen molar-refractivity contribution in [3.8, 4) is 0 Å². The summed E-state index contributed by atoms with van der Waals surface area (Å²) < 4.78 is 19.9. The first-order valence-electron chi connectivity index (χ1n) is 5.47. The van der Waals surface area contributed by atoms with Gasteiger partial charge in [-0.3, -0.25) is 4.79 Å². The van der Waals surface area contributed by atoms with E-state index in [1.54, 1.807) is 31.2 Å². The molecule has 3 heteroatoms. The molecule has 0 bridgehead atoms. The first kappa shape index (κ1) is 11.3. The number of ether oxygens (including phenoxy) is 1. The van der Waals surface area contributed by atoms with Crippen LogP contribution in [0.5, 0.6) is 0 Å². The van der Waals surface area contributed by atoms with E-state index in [9.17, 15) is 9.18 Å². The predicted molar refractivity (Wildman–Crippen MR) is 59.2 cm³/mol. The lowest BCUT2D eigenvalue weighted by Gasteiger charge is -2.26. The summed E-state index contributed by atoms with van der Waals surface area (Å²) in [7, 11) is 0. The number of hydrogen-bond donors (Lipinski definition) is 0. The zero-order valence-electron chi connectivity index (χ0n) is 9.28. The molecule has 0 spiro atoms. The van der Waals surface area contributed by atoms with Crippen molar-refractivity contribution in [2.45, 2.75) is 19.0 Å². The SMILES string of the molecule is CC(F)(c1cccc(C=O)c1)C1CCOC1. The van der Waals surface area contributed by atoms with Crippen molar-refractivity contribution in [3.63, 3.8) is 0 Å². The largest absolute Gasteiger partial charge is 0.381 e. The number of hydrogen-bond acceptors (Lipinski definition) is 2. The number of halogens is 1.